The second-order valence-corrected chi connectivity index (χ2v) is 8.21. The molecule has 0 radical (unpaired) electrons. The summed E-state index contributed by atoms with van der Waals surface area (Å²) in [6.45, 7) is 5.56. The average molecular weight is 377 g/mol. The third-order valence-electron chi connectivity index (χ3n) is 6.15. The van der Waals surface area contributed by atoms with Crippen molar-refractivity contribution in [2.45, 2.75) is 64.1 Å². The Hall–Kier alpha value is -1.69. The molecule has 2 aliphatic rings. The molecule has 3 heterocycles. The van der Waals surface area contributed by atoms with Gasteiger partial charge in [-0.25, -0.2) is 9.37 Å². The van der Waals surface area contributed by atoms with Crippen LogP contribution in [0.5, 0.6) is 0 Å². The van der Waals surface area contributed by atoms with Crippen molar-refractivity contribution in [1.29, 1.82) is 0 Å². The highest BCUT2D eigenvalue weighted by molar-refractivity contribution is 5.85. The van der Waals surface area contributed by atoms with E-state index in [0.29, 0.717) is 24.8 Å². The summed E-state index contributed by atoms with van der Waals surface area (Å²) < 4.78 is 15.4. The zero-order chi connectivity index (χ0) is 19.3. The van der Waals surface area contributed by atoms with Crippen LogP contribution in [0.4, 0.5) is 10.2 Å². The molecule has 0 aliphatic carbocycles. The second kappa shape index (κ2) is 9.00. The number of carbonyl (C=O) groups excluding carboxylic acids is 1. The number of likely N-dealkylation sites (tertiary alicyclic amines) is 2. The third kappa shape index (κ3) is 5.18. The quantitative estimate of drug-likeness (QED) is 0.827. The SMILES string of the molecule is CCCCC1CCN(C(=O)C2(F)CCN(Cc3ccnc(N)c3)CC2)CC1. The Morgan fingerprint density at radius 2 is 2.00 bits per heavy atom. The van der Waals surface area contributed by atoms with Gasteiger partial charge in [-0.1, -0.05) is 26.2 Å². The maximum atomic E-state index is 15.4. The Kier molecular flexibility index (Phi) is 6.68. The van der Waals surface area contributed by atoms with Crippen molar-refractivity contribution in [2.24, 2.45) is 5.92 Å². The highest BCUT2D eigenvalue weighted by Gasteiger charge is 2.44. The molecule has 0 atom stereocenters. The molecular weight excluding hydrogens is 343 g/mol. The zero-order valence-electron chi connectivity index (χ0n) is 16.5. The molecule has 2 aliphatic heterocycles. The van der Waals surface area contributed by atoms with E-state index in [0.717, 1.165) is 38.0 Å². The van der Waals surface area contributed by atoms with Gasteiger partial charge < -0.3 is 10.6 Å². The summed E-state index contributed by atoms with van der Waals surface area (Å²) >= 11 is 0. The van der Waals surface area contributed by atoms with Crippen LogP contribution in [-0.2, 0) is 11.3 Å². The molecule has 5 nitrogen and oxygen atoms in total. The molecule has 150 valence electrons. The number of nitrogens with zero attached hydrogens (tertiary/aromatic N) is 3. The van der Waals surface area contributed by atoms with Crippen molar-refractivity contribution in [2.75, 3.05) is 31.9 Å². The van der Waals surface area contributed by atoms with E-state index in [2.05, 4.69) is 16.8 Å². The molecule has 0 saturated carbocycles. The lowest BCUT2D eigenvalue weighted by atomic mass is 9.88. The lowest BCUT2D eigenvalue weighted by molar-refractivity contribution is -0.149. The topological polar surface area (TPSA) is 62.5 Å². The van der Waals surface area contributed by atoms with Gasteiger partial charge in [-0.2, -0.15) is 0 Å². The van der Waals surface area contributed by atoms with Crippen molar-refractivity contribution in [3.05, 3.63) is 23.9 Å². The number of rotatable bonds is 6. The lowest BCUT2D eigenvalue weighted by Gasteiger charge is -2.40. The standard InChI is InChI=1S/C21H33FN4O/c1-2-3-4-17-6-11-26(12-7-17)20(27)21(22)8-13-25(14-9-21)16-18-5-10-24-19(23)15-18/h5,10,15,17H,2-4,6-9,11-14,16H2,1H3,(H2,23,24). The first-order valence-corrected chi connectivity index (χ1v) is 10.4. The van der Waals surface area contributed by atoms with Crippen molar-refractivity contribution >= 4 is 11.7 Å². The fourth-order valence-corrected chi connectivity index (χ4v) is 4.33. The first kappa shape index (κ1) is 20.1. The highest BCUT2D eigenvalue weighted by Crippen LogP contribution is 2.32. The summed E-state index contributed by atoms with van der Waals surface area (Å²) in [5.74, 6) is 0.935. The Morgan fingerprint density at radius 1 is 1.30 bits per heavy atom. The van der Waals surface area contributed by atoms with Crippen LogP contribution in [0.3, 0.4) is 0 Å². The lowest BCUT2D eigenvalue weighted by Crippen LogP contribution is -2.53. The molecule has 27 heavy (non-hydrogen) atoms. The molecule has 2 fully saturated rings. The van der Waals surface area contributed by atoms with Crippen molar-refractivity contribution in [3.63, 3.8) is 0 Å². The van der Waals surface area contributed by atoms with Gasteiger partial charge in [0, 0.05) is 51.8 Å². The average Bonchev–Trinajstić information content (AvgIpc) is 2.68. The summed E-state index contributed by atoms with van der Waals surface area (Å²) in [6.07, 6.45) is 8.02. The van der Waals surface area contributed by atoms with Crippen molar-refractivity contribution in [1.82, 2.24) is 14.8 Å². The first-order valence-electron chi connectivity index (χ1n) is 10.4. The molecule has 1 aromatic rings. The van der Waals surface area contributed by atoms with Gasteiger partial charge >= 0.3 is 0 Å². The zero-order valence-corrected chi connectivity index (χ0v) is 16.5. The summed E-state index contributed by atoms with van der Waals surface area (Å²) in [4.78, 5) is 20.8. The number of nitrogen functional groups attached to an aromatic ring is 1. The summed E-state index contributed by atoms with van der Waals surface area (Å²) in [7, 11) is 0. The number of hydrogen-bond acceptors (Lipinski definition) is 4. The van der Waals surface area contributed by atoms with E-state index in [1.807, 2.05) is 12.1 Å². The minimum atomic E-state index is -1.69. The Morgan fingerprint density at radius 3 is 2.63 bits per heavy atom. The Balaban J connectivity index is 1.48. The fourth-order valence-electron chi connectivity index (χ4n) is 4.33. The number of amides is 1. The van der Waals surface area contributed by atoms with E-state index < -0.39 is 5.67 Å². The number of anilines is 1. The molecule has 6 heteroatoms. The summed E-state index contributed by atoms with van der Waals surface area (Å²) in [6, 6.07) is 3.78. The third-order valence-corrected chi connectivity index (χ3v) is 6.15. The Labute approximate surface area is 162 Å². The summed E-state index contributed by atoms with van der Waals surface area (Å²) in [5, 5.41) is 0. The van der Waals surface area contributed by atoms with Gasteiger partial charge in [0.1, 0.15) is 5.82 Å². The molecule has 0 spiro atoms. The van der Waals surface area contributed by atoms with Gasteiger partial charge in [-0.15, -0.1) is 0 Å². The maximum absolute atomic E-state index is 15.4. The van der Waals surface area contributed by atoms with Crippen LogP contribution < -0.4 is 5.73 Å². The molecule has 1 amide bonds. The van der Waals surface area contributed by atoms with Crippen LogP contribution in [0.1, 0.15) is 57.4 Å². The van der Waals surface area contributed by atoms with Crippen LogP contribution in [0.15, 0.2) is 18.3 Å². The maximum Gasteiger partial charge on any atom is 0.260 e. The van der Waals surface area contributed by atoms with Crippen LogP contribution in [-0.4, -0.2) is 52.5 Å². The molecule has 2 saturated heterocycles. The van der Waals surface area contributed by atoms with E-state index in [4.69, 9.17) is 5.73 Å². The molecule has 3 rings (SSSR count). The largest absolute Gasteiger partial charge is 0.384 e. The van der Waals surface area contributed by atoms with Crippen molar-refractivity contribution < 1.29 is 9.18 Å². The molecule has 0 aromatic carbocycles. The van der Waals surface area contributed by atoms with Gasteiger partial charge in [-0.3, -0.25) is 9.69 Å². The van der Waals surface area contributed by atoms with E-state index in [1.165, 1.54) is 19.3 Å². The highest BCUT2D eigenvalue weighted by atomic mass is 19.1. The number of hydrogen-bond donors (Lipinski definition) is 1. The smallest absolute Gasteiger partial charge is 0.260 e. The van der Waals surface area contributed by atoms with Gasteiger partial charge in [0.2, 0.25) is 0 Å². The number of carbonyl (C=O) groups is 1. The second-order valence-electron chi connectivity index (χ2n) is 8.21. The van der Waals surface area contributed by atoms with E-state index in [-0.39, 0.29) is 18.7 Å². The van der Waals surface area contributed by atoms with Crippen LogP contribution in [0, 0.1) is 5.92 Å². The molecule has 2 N–H and O–H groups in total. The number of piperidine rings is 2. The number of aromatic nitrogens is 1. The molecule has 1 aromatic heterocycles. The van der Waals surface area contributed by atoms with Gasteiger partial charge in [0.25, 0.3) is 5.91 Å². The number of nitrogens with two attached hydrogens (primary N) is 1. The molecular formula is C21H33FN4O. The van der Waals surface area contributed by atoms with Gasteiger partial charge in [0.05, 0.1) is 0 Å². The Bertz CT molecular complexity index is 622. The van der Waals surface area contributed by atoms with Crippen LogP contribution in [0.25, 0.3) is 0 Å². The van der Waals surface area contributed by atoms with E-state index >= 15 is 4.39 Å². The minimum absolute atomic E-state index is 0.274. The minimum Gasteiger partial charge on any atom is -0.384 e. The number of pyridine rings is 1. The van der Waals surface area contributed by atoms with E-state index in [1.54, 1.807) is 11.1 Å². The van der Waals surface area contributed by atoms with E-state index in [9.17, 15) is 4.79 Å². The van der Waals surface area contributed by atoms with Crippen molar-refractivity contribution in [3.8, 4) is 0 Å². The van der Waals surface area contributed by atoms with Crippen LogP contribution in [0.2, 0.25) is 0 Å². The molecule has 0 bridgehead atoms. The predicted octanol–water partition coefficient (Wildman–Crippen LogP) is 3.40. The monoisotopic (exact) mass is 376 g/mol. The number of alkyl halides is 1. The van der Waals surface area contributed by atoms with Gasteiger partial charge in [0.15, 0.2) is 5.67 Å². The van der Waals surface area contributed by atoms with Gasteiger partial charge in [-0.05, 0) is 36.5 Å². The summed E-state index contributed by atoms with van der Waals surface area (Å²) in [5.41, 5.74) is 5.11. The number of unbranched alkanes of at least 4 members (excludes halogenated alkanes) is 1. The molecule has 0 unspecified atom stereocenters. The first-order chi connectivity index (χ1) is 13.0. The predicted molar refractivity (Wildman–Crippen MR) is 106 cm³/mol. The number of halogens is 1. The van der Waals surface area contributed by atoms with Crippen LogP contribution >= 0.6 is 0 Å². The fraction of sp³-hybridized carbons (Fsp3) is 0.714. The normalized spacial score (nSPS) is 21.3.